The molecule has 5 heteroatoms. The molecule has 0 unspecified atom stereocenters. The summed E-state index contributed by atoms with van der Waals surface area (Å²) in [5.74, 6) is 1.20. The fourth-order valence-electron chi connectivity index (χ4n) is 2.00. The number of anilines is 1. The van der Waals surface area contributed by atoms with Crippen LogP contribution in [-0.4, -0.2) is 17.6 Å². The van der Waals surface area contributed by atoms with Crippen molar-refractivity contribution >= 4 is 11.6 Å². The van der Waals surface area contributed by atoms with E-state index in [1.54, 1.807) is 6.07 Å². The Bertz CT molecular complexity index is 620. The minimum absolute atomic E-state index is 0.0823. The van der Waals surface area contributed by atoms with Crippen LogP contribution in [0, 0.1) is 6.92 Å². The largest absolute Gasteiger partial charge is 0.462 e. The molecule has 1 amide bonds. The number of carbonyl (C=O) groups is 1. The third-order valence-corrected chi connectivity index (χ3v) is 3.16. The van der Waals surface area contributed by atoms with Gasteiger partial charge in [0.2, 0.25) is 0 Å². The van der Waals surface area contributed by atoms with Crippen LogP contribution in [0.5, 0.6) is 0 Å². The lowest BCUT2D eigenvalue weighted by Crippen LogP contribution is -2.22. The van der Waals surface area contributed by atoms with E-state index in [2.05, 4.69) is 10.6 Å². The molecule has 0 saturated carbocycles. The zero-order valence-corrected chi connectivity index (χ0v) is 12.3. The summed E-state index contributed by atoms with van der Waals surface area (Å²) in [4.78, 5) is 11.8. The Morgan fingerprint density at radius 2 is 2.00 bits per heavy atom. The highest BCUT2D eigenvalue weighted by Gasteiger charge is 2.08. The smallest absolute Gasteiger partial charge is 0.251 e. The lowest BCUT2D eigenvalue weighted by molar-refractivity contribution is 0.0956. The summed E-state index contributed by atoms with van der Waals surface area (Å²) in [7, 11) is 0. The zero-order chi connectivity index (χ0) is 15.2. The number of amides is 1. The number of furan rings is 1. The quantitative estimate of drug-likeness (QED) is 0.763. The van der Waals surface area contributed by atoms with Gasteiger partial charge < -0.3 is 20.2 Å². The lowest BCUT2D eigenvalue weighted by atomic mass is 10.1. The molecule has 0 fully saturated rings. The number of hydrogen-bond donors (Lipinski definition) is 3. The summed E-state index contributed by atoms with van der Waals surface area (Å²) in [6, 6.07) is 9.11. The summed E-state index contributed by atoms with van der Waals surface area (Å²) in [5, 5.41) is 15.0. The lowest BCUT2D eigenvalue weighted by Gasteiger charge is -2.10. The first-order chi connectivity index (χ1) is 10.1. The molecule has 0 saturated heterocycles. The van der Waals surface area contributed by atoms with Crippen LogP contribution >= 0.6 is 0 Å². The standard InChI is InChI=1S/C16H20N2O3/c1-3-17-16(20)12-5-4-11(2)15(8-12)18-9-13-6-7-14(10-19)21-13/h4-8,18-19H,3,9-10H2,1-2H3,(H,17,20). The summed E-state index contributed by atoms with van der Waals surface area (Å²) < 4.78 is 5.42. The maximum atomic E-state index is 11.8. The van der Waals surface area contributed by atoms with Gasteiger partial charge in [0.25, 0.3) is 5.91 Å². The Labute approximate surface area is 124 Å². The number of carbonyl (C=O) groups excluding carboxylic acids is 1. The molecule has 112 valence electrons. The predicted molar refractivity (Wildman–Crippen MR) is 81.1 cm³/mol. The average Bonchev–Trinajstić information content (AvgIpc) is 2.94. The maximum absolute atomic E-state index is 11.8. The first-order valence-corrected chi connectivity index (χ1v) is 6.95. The molecule has 0 atom stereocenters. The molecule has 0 spiro atoms. The van der Waals surface area contributed by atoms with Gasteiger partial charge in [-0.25, -0.2) is 0 Å². The normalized spacial score (nSPS) is 10.4. The molecule has 1 aromatic heterocycles. The minimum Gasteiger partial charge on any atom is -0.462 e. The van der Waals surface area contributed by atoms with Crippen molar-refractivity contribution < 1.29 is 14.3 Å². The molecule has 2 rings (SSSR count). The molecule has 3 N–H and O–H groups in total. The number of aliphatic hydroxyl groups excluding tert-OH is 1. The topological polar surface area (TPSA) is 74.5 Å². The van der Waals surface area contributed by atoms with Crippen LogP contribution in [0.3, 0.4) is 0 Å². The molecule has 1 heterocycles. The fourth-order valence-corrected chi connectivity index (χ4v) is 2.00. The molecule has 1 aromatic carbocycles. The first-order valence-electron chi connectivity index (χ1n) is 6.95. The highest BCUT2D eigenvalue weighted by atomic mass is 16.4. The van der Waals surface area contributed by atoms with Crippen LogP contribution < -0.4 is 10.6 Å². The maximum Gasteiger partial charge on any atom is 0.251 e. The number of hydrogen-bond acceptors (Lipinski definition) is 4. The SMILES string of the molecule is CCNC(=O)c1ccc(C)c(NCc2ccc(CO)o2)c1. The molecule has 21 heavy (non-hydrogen) atoms. The molecule has 0 aliphatic rings. The summed E-state index contributed by atoms with van der Waals surface area (Å²) in [6.07, 6.45) is 0. The van der Waals surface area contributed by atoms with Crippen LogP contribution in [-0.2, 0) is 13.2 Å². The van der Waals surface area contributed by atoms with Gasteiger partial charge in [0.1, 0.15) is 18.1 Å². The molecule has 0 aliphatic heterocycles. The van der Waals surface area contributed by atoms with Crippen molar-refractivity contribution in [2.24, 2.45) is 0 Å². The van der Waals surface area contributed by atoms with Crippen molar-refractivity contribution in [3.8, 4) is 0 Å². The van der Waals surface area contributed by atoms with Crippen LogP contribution in [0.25, 0.3) is 0 Å². The van der Waals surface area contributed by atoms with Crippen LogP contribution in [0.1, 0.15) is 34.4 Å². The van der Waals surface area contributed by atoms with E-state index in [0.29, 0.717) is 24.4 Å². The van der Waals surface area contributed by atoms with Gasteiger partial charge in [-0.1, -0.05) is 6.07 Å². The van der Waals surface area contributed by atoms with Crippen LogP contribution in [0.2, 0.25) is 0 Å². The molecular weight excluding hydrogens is 268 g/mol. The highest BCUT2D eigenvalue weighted by Crippen LogP contribution is 2.18. The number of nitrogens with one attached hydrogen (secondary N) is 2. The van der Waals surface area contributed by atoms with Crippen molar-refractivity contribution in [2.45, 2.75) is 27.0 Å². The van der Waals surface area contributed by atoms with Crippen molar-refractivity contribution in [1.82, 2.24) is 5.32 Å². The van der Waals surface area contributed by atoms with E-state index in [-0.39, 0.29) is 12.5 Å². The van der Waals surface area contributed by atoms with Gasteiger partial charge >= 0.3 is 0 Å². The number of aryl methyl sites for hydroxylation is 1. The van der Waals surface area contributed by atoms with Gasteiger partial charge in [-0.05, 0) is 43.7 Å². The van der Waals surface area contributed by atoms with Crippen LogP contribution in [0.15, 0.2) is 34.7 Å². The summed E-state index contributed by atoms with van der Waals surface area (Å²) in [5.41, 5.74) is 2.57. The van der Waals surface area contributed by atoms with E-state index < -0.39 is 0 Å². The van der Waals surface area contributed by atoms with Crippen molar-refractivity contribution in [3.05, 3.63) is 53.0 Å². The van der Waals surface area contributed by atoms with Crippen molar-refractivity contribution in [3.63, 3.8) is 0 Å². The Kier molecular flexibility index (Phi) is 5.00. The molecule has 0 radical (unpaired) electrons. The summed E-state index contributed by atoms with van der Waals surface area (Å²) >= 11 is 0. The number of rotatable bonds is 6. The molecule has 0 bridgehead atoms. The second-order valence-electron chi connectivity index (χ2n) is 4.77. The first kappa shape index (κ1) is 15.1. The van der Waals surface area contributed by atoms with Gasteiger partial charge in [0.15, 0.2) is 0 Å². The molecule has 2 aromatic rings. The Morgan fingerprint density at radius 3 is 2.67 bits per heavy atom. The average molecular weight is 288 g/mol. The van der Waals surface area contributed by atoms with E-state index in [4.69, 9.17) is 9.52 Å². The van der Waals surface area contributed by atoms with E-state index >= 15 is 0 Å². The van der Waals surface area contributed by atoms with Gasteiger partial charge in [-0.15, -0.1) is 0 Å². The fraction of sp³-hybridized carbons (Fsp3) is 0.312. The van der Waals surface area contributed by atoms with Gasteiger partial charge in [0, 0.05) is 17.8 Å². The van der Waals surface area contributed by atoms with E-state index in [9.17, 15) is 4.79 Å². The molecule has 0 aliphatic carbocycles. The van der Waals surface area contributed by atoms with Gasteiger partial charge in [-0.3, -0.25) is 4.79 Å². The predicted octanol–water partition coefficient (Wildman–Crippen LogP) is 2.44. The Hall–Kier alpha value is -2.27. The molecular formula is C16H20N2O3. The third-order valence-electron chi connectivity index (χ3n) is 3.16. The Morgan fingerprint density at radius 1 is 1.24 bits per heavy atom. The summed E-state index contributed by atoms with van der Waals surface area (Å²) in [6.45, 7) is 4.86. The van der Waals surface area contributed by atoms with E-state index in [0.717, 1.165) is 17.0 Å². The van der Waals surface area contributed by atoms with Crippen LogP contribution in [0.4, 0.5) is 5.69 Å². The Balaban J connectivity index is 2.08. The minimum atomic E-state index is -0.105. The highest BCUT2D eigenvalue weighted by molar-refractivity contribution is 5.95. The number of benzene rings is 1. The second kappa shape index (κ2) is 6.95. The van der Waals surface area contributed by atoms with Gasteiger partial charge in [0.05, 0.1) is 6.54 Å². The van der Waals surface area contributed by atoms with E-state index in [1.807, 2.05) is 38.1 Å². The van der Waals surface area contributed by atoms with Crippen molar-refractivity contribution in [2.75, 3.05) is 11.9 Å². The molecule has 5 nitrogen and oxygen atoms in total. The zero-order valence-electron chi connectivity index (χ0n) is 12.3. The van der Waals surface area contributed by atoms with E-state index in [1.165, 1.54) is 0 Å². The van der Waals surface area contributed by atoms with Gasteiger partial charge in [-0.2, -0.15) is 0 Å². The third kappa shape index (κ3) is 3.86. The van der Waals surface area contributed by atoms with Crippen molar-refractivity contribution in [1.29, 1.82) is 0 Å². The number of aliphatic hydroxyl groups is 1. The second-order valence-corrected chi connectivity index (χ2v) is 4.77. The monoisotopic (exact) mass is 288 g/mol.